The molecule has 0 saturated carbocycles. The van der Waals surface area contributed by atoms with Crippen molar-refractivity contribution >= 4 is 17.6 Å². The van der Waals surface area contributed by atoms with E-state index >= 15 is 0 Å². The summed E-state index contributed by atoms with van der Waals surface area (Å²) in [7, 11) is 0. The van der Waals surface area contributed by atoms with Gasteiger partial charge in [0, 0.05) is 0 Å². The van der Waals surface area contributed by atoms with E-state index in [4.69, 9.17) is 16.3 Å². The van der Waals surface area contributed by atoms with E-state index in [9.17, 15) is 18.0 Å². The first kappa shape index (κ1) is 14.7. The molecule has 0 bridgehead atoms. The quantitative estimate of drug-likeness (QED) is 0.614. The largest absolute Gasteiger partial charge is 0.461 e. The molecule has 0 saturated heterocycles. The highest BCUT2D eigenvalue weighted by molar-refractivity contribution is 6.17. The summed E-state index contributed by atoms with van der Waals surface area (Å²) in [4.78, 5) is 11.4. The molecule has 0 aromatic carbocycles. The summed E-state index contributed by atoms with van der Waals surface area (Å²) in [6.45, 7) is 1.31. The molecule has 0 aliphatic carbocycles. The molecular weight excluding hydrogens is 275 g/mol. The van der Waals surface area contributed by atoms with Gasteiger partial charge in [-0.2, -0.15) is 13.2 Å². The van der Waals surface area contributed by atoms with Crippen LogP contribution >= 0.6 is 11.6 Å². The molecule has 1 heterocycles. The van der Waals surface area contributed by atoms with Crippen molar-refractivity contribution in [1.29, 1.82) is 0 Å². The standard InChI is InChI=1S/C9H11ClF3N3O2/c1-2-18-8(17)7-6(5-10)16(15-14-7)4-3-9(11,12)13/h2-5H2,1H3. The van der Waals surface area contributed by atoms with Crippen molar-refractivity contribution in [1.82, 2.24) is 15.0 Å². The van der Waals surface area contributed by atoms with E-state index in [1.807, 2.05) is 0 Å². The maximum atomic E-state index is 12.1. The second-order valence-electron chi connectivity index (χ2n) is 3.33. The summed E-state index contributed by atoms with van der Waals surface area (Å²) in [5.74, 6) is -0.912. The summed E-state index contributed by atoms with van der Waals surface area (Å²) < 4.78 is 41.9. The van der Waals surface area contributed by atoms with Crippen LogP contribution in [0.15, 0.2) is 0 Å². The summed E-state index contributed by atoms with van der Waals surface area (Å²) in [6.07, 6.45) is -5.37. The molecule has 0 amide bonds. The highest BCUT2D eigenvalue weighted by atomic mass is 35.5. The Bertz CT molecular complexity index is 420. The van der Waals surface area contributed by atoms with Crippen molar-refractivity contribution in [2.24, 2.45) is 0 Å². The molecule has 0 spiro atoms. The van der Waals surface area contributed by atoms with E-state index in [0.29, 0.717) is 0 Å². The normalized spacial score (nSPS) is 11.6. The minimum Gasteiger partial charge on any atom is -0.461 e. The van der Waals surface area contributed by atoms with E-state index in [1.165, 1.54) is 0 Å². The molecule has 1 aromatic rings. The first-order chi connectivity index (χ1) is 8.39. The highest BCUT2D eigenvalue weighted by Gasteiger charge is 2.28. The number of alkyl halides is 4. The molecule has 0 radical (unpaired) electrons. The van der Waals surface area contributed by atoms with Gasteiger partial charge in [-0.15, -0.1) is 16.7 Å². The van der Waals surface area contributed by atoms with Crippen LogP contribution in [0.5, 0.6) is 0 Å². The first-order valence-electron chi connectivity index (χ1n) is 5.11. The predicted octanol–water partition coefficient (Wildman–Crippen LogP) is 2.15. The van der Waals surface area contributed by atoms with E-state index in [-0.39, 0.29) is 23.9 Å². The van der Waals surface area contributed by atoms with Gasteiger partial charge in [-0.3, -0.25) is 0 Å². The SMILES string of the molecule is CCOC(=O)c1nnn(CCC(F)(F)F)c1CCl. The van der Waals surface area contributed by atoms with Crippen molar-refractivity contribution in [3.63, 3.8) is 0 Å². The molecule has 0 aliphatic rings. The number of halogens is 4. The van der Waals surface area contributed by atoms with E-state index in [2.05, 4.69) is 10.3 Å². The number of rotatable bonds is 5. The number of carbonyl (C=O) groups is 1. The second kappa shape index (κ2) is 6.03. The van der Waals surface area contributed by atoms with Crippen LogP contribution in [-0.2, 0) is 17.2 Å². The molecule has 5 nitrogen and oxygen atoms in total. The molecule has 102 valence electrons. The minimum absolute atomic E-state index is 0.124. The molecule has 0 atom stereocenters. The fraction of sp³-hybridized carbons (Fsp3) is 0.667. The average molecular weight is 286 g/mol. The Balaban J connectivity index is 2.85. The van der Waals surface area contributed by atoms with Gasteiger partial charge < -0.3 is 4.74 Å². The zero-order valence-corrected chi connectivity index (χ0v) is 10.3. The van der Waals surface area contributed by atoms with Crippen LogP contribution in [-0.4, -0.2) is 33.7 Å². The molecule has 0 N–H and O–H groups in total. The third kappa shape index (κ3) is 3.86. The molecule has 0 unspecified atom stereocenters. The number of nitrogens with zero attached hydrogens (tertiary/aromatic N) is 3. The fourth-order valence-electron chi connectivity index (χ4n) is 1.24. The summed E-state index contributed by atoms with van der Waals surface area (Å²) in [5, 5.41) is 6.97. The van der Waals surface area contributed by atoms with Crippen LogP contribution in [0, 0.1) is 0 Å². The predicted molar refractivity (Wildman–Crippen MR) is 56.2 cm³/mol. The fourth-order valence-corrected chi connectivity index (χ4v) is 1.50. The second-order valence-corrected chi connectivity index (χ2v) is 3.59. The van der Waals surface area contributed by atoms with Gasteiger partial charge in [-0.1, -0.05) is 5.21 Å². The van der Waals surface area contributed by atoms with Gasteiger partial charge in [0.1, 0.15) is 0 Å². The van der Waals surface area contributed by atoms with Gasteiger partial charge in [0.2, 0.25) is 0 Å². The molecule has 1 aromatic heterocycles. The lowest BCUT2D eigenvalue weighted by Crippen LogP contribution is -2.15. The number of hydrogen-bond donors (Lipinski definition) is 0. The number of aryl methyl sites for hydroxylation is 1. The minimum atomic E-state index is -4.31. The smallest absolute Gasteiger partial charge is 0.390 e. The van der Waals surface area contributed by atoms with Crippen molar-refractivity contribution in [2.75, 3.05) is 6.61 Å². The Labute approximate surface area is 106 Å². The molecular formula is C9H11ClF3N3O2. The average Bonchev–Trinajstić information content (AvgIpc) is 2.68. The molecule has 0 fully saturated rings. The maximum absolute atomic E-state index is 12.1. The number of ether oxygens (including phenoxy) is 1. The Morgan fingerprint density at radius 3 is 2.67 bits per heavy atom. The van der Waals surface area contributed by atoms with E-state index in [0.717, 1.165) is 4.68 Å². The van der Waals surface area contributed by atoms with Gasteiger partial charge in [-0.25, -0.2) is 9.48 Å². The van der Waals surface area contributed by atoms with Gasteiger partial charge in [0.05, 0.1) is 31.1 Å². The van der Waals surface area contributed by atoms with Gasteiger partial charge >= 0.3 is 12.1 Å². The monoisotopic (exact) mass is 285 g/mol. The number of hydrogen-bond acceptors (Lipinski definition) is 4. The van der Waals surface area contributed by atoms with Crippen molar-refractivity contribution in [3.8, 4) is 0 Å². The number of carbonyl (C=O) groups excluding carboxylic acids is 1. The van der Waals surface area contributed by atoms with Crippen LogP contribution < -0.4 is 0 Å². The third-order valence-corrected chi connectivity index (χ3v) is 2.29. The topological polar surface area (TPSA) is 57.0 Å². The molecule has 18 heavy (non-hydrogen) atoms. The zero-order chi connectivity index (χ0) is 13.8. The molecule has 1 rings (SSSR count). The van der Waals surface area contributed by atoms with Crippen LogP contribution in [0.3, 0.4) is 0 Å². The number of aromatic nitrogens is 3. The maximum Gasteiger partial charge on any atom is 0.390 e. The third-order valence-electron chi connectivity index (χ3n) is 2.04. The Kier molecular flexibility index (Phi) is 4.94. The summed E-state index contributed by atoms with van der Waals surface area (Å²) in [5.41, 5.74) is -0.0200. The van der Waals surface area contributed by atoms with E-state index < -0.39 is 25.1 Å². The Hall–Kier alpha value is -1.31. The van der Waals surface area contributed by atoms with E-state index in [1.54, 1.807) is 6.92 Å². The molecule has 9 heteroatoms. The van der Waals surface area contributed by atoms with Gasteiger partial charge in [0.25, 0.3) is 0 Å². The van der Waals surface area contributed by atoms with Gasteiger partial charge in [-0.05, 0) is 6.92 Å². The zero-order valence-electron chi connectivity index (χ0n) is 9.50. The first-order valence-corrected chi connectivity index (χ1v) is 5.64. The van der Waals surface area contributed by atoms with Crippen LogP contribution in [0.25, 0.3) is 0 Å². The summed E-state index contributed by atoms with van der Waals surface area (Å²) in [6, 6.07) is 0. The lowest BCUT2D eigenvalue weighted by molar-refractivity contribution is -0.137. The van der Waals surface area contributed by atoms with Crippen molar-refractivity contribution < 1.29 is 22.7 Å². The van der Waals surface area contributed by atoms with Crippen molar-refractivity contribution in [3.05, 3.63) is 11.4 Å². The van der Waals surface area contributed by atoms with Gasteiger partial charge in [0.15, 0.2) is 5.69 Å². The Morgan fingerprint density at radius 1 is 1.50 bits per heavy atom. The lowest BCUT2D eigenvalue weighted by atomic mass is 10.3. The lowest BCUT2D eigenvalue weighted by Gasteiger charge is -2.07. The molecule has 0 aliphatic heterocycles. The Morgan fingerprint density at radius 2 is 2.17 bits per heavy atom. The number of esters is 1. The van der Waals surface area contributed by atoms with Crippen molar-refractivity contribution in [2.45, 2.75) is 31.9 Å². The van der Waals surface area contributed by atoms with Crippen LogP contribution in [0.1, 0.15) is 29.5 Å². The van der Waals surface area contributed by atoms with Crippen LogP contribution in [0.4, 0.5) is 13.2 Å². The van der Waals surface area contributed by atoms with Crippen LogP contribution in [0.2, 0.25) is 0 Å². The highest BCUT2D eigenvalue weighted by Crippen LogP contribution is 2.21. The summed E-state index contributed by atoms with van der Waals surface area (Å²) >= 11 is 5.58.